The van der Waals surface area contributed by atoms with Crippen LogP contribution in [0.25, 0.3) is 0 Å². The molecule has 0 saturated carbocycles. The fourth-order valence-electron chi connectivity index (χ4n) is 2.03. The van der Waals surface area contributed by atoms with Gasteiger partial charge in [0.15, 0.2) is 0 Å². The molecule has 1 unspecified atom stereocenters. The smallest absolute Gasteiger partial charge is 0.326 e. The molecule has 23 heavy (non-hydrogen) atoms. The second-order valence-corrected chi connectivity index (χ2v) is 5.71. The van der Waals surface area contributed by atoms with E-state index < -0.39 is 17.9 Å². The van der Waals surface area contributed by atoms with Crippen molar-refractivity contribution in [3.8, 4) is 5.75 Å². The number of aliphatic carboxylic acids is 1. The molecule has 0 heterocycles. The van der Waals surface area contributed by atoms with Crippen LogP contribution in [-0.2, 0) is 9.53 Å². The standard InChI is InChI=1S/C17H25NO5/c1-12(2)11-15(17(20)21)18-16(19)13-5-7-14(8-6-13)23-10-4-9-22-3/h5-8,12,15H,4,9-11H2,1-3H3,(H,18,19)(H,20,21). The van der Waals surface area contributed by atoms with Crippen molar-refractivity contribution in [2.24, 2.45) is 5.92 Å². The summed E-state index contributed by atoms with van der Waals surface area (Å²) in [4.78, 5) is 23.3. The lowest BCUT2D eigenvalue weighted by molar-refractivity contribution is -0.139. The zero-order chi connectivity index (χ0) is 17.2. The summed E-state index contributed by atoms with van der Waals surface area (Å²) in [5.41, 5.74) is 0.407. The van der Waals surface area contributed by atoms with Crippen LogP contribution < -0.4 is 10.1 Å². The third kappa shape index (κ3) is 7.15. The molecule has 0 fully saturated rings. The molecule has 0 spiro atoms. The Morgan fingerprint density at radius 3 is 2.35 bits per heavy atom. The van der Waals surface area contributed by atoms with Crippen LogP contribution in [0.5, 0.6) is 5.75 Å². The Labute approximate surface area is 136 Å². The van der Waals surface area contributed by atoms with Crippen molar-refractivity contribution >= 4 is 11.9 Å². The van der Waals surface area contributed by atoms with Crippen LogP contribution in [0.15, 0.2) is 24.3 Å². The van der Waals surface area contributed by atoms with Gasteiger partial charge in [-0.2, -0.15) is 0 Å². The van der Waals surface area contributed by atoms with E-state index in [1.54, 1.807) is 31.4 Å². The molecule has 1 aromatic carbocycles. The maximum Gasteiger partial charge on any atom is 0.326 e. The van der Waals surface area contributed by atoms with Crippen molar-refractivity contribution in [3.63, 3.8) is 0 Å². The first kappa shape index (κ1) is 19.0. The minimum Gasteiger partial charge on any atom is -0.494 e. The van der Waals surface area contributed by atoms with Crippen molar-refractivity contribution in [2.75, 3.05) is 20.3 Å². The van der Waals surface area contributed by atoms with Gasteiger partial charge in [-0.1, -0.05) is 13.8 Å². The minimum absolute atomic E-state index is 0.180. The first-order valence-electron chi connectivity index (χ1n) is 7.69. The molecule has 0 aromatic heterocycles. The highest BCUT2D eigenvalue weighted by molar-refractivity contribution is 5.96. The largest absolute Gasteiger partial charge is 0.494 e. The Balaban J connectivity index is 2.57. The zero-order valence-electron chi connectivity index (χ0n) is 13.9. The van der Waals surface area contributed by atoms with E-state index in [9.17, 15) is 9.59 Å². The molecule has 0 saturated heterocycles. The number of carboxylic acids is 1. The minimum atomic E-state index is -1.02. The van der Waals surface area contributed by atoms with Gasteiger partial charge >= 0.3 is 5.97 Å². The van der Waals surface area contributed by atoms with Crippen molar-refractivity contribution in [3.05, 3.63) is 29.8 Å². The van der Waals surface area contributed by atoms with E-state index in [0.717, 1.165) is 6.42 Å². The van der Waals surface area contributed by atoms with Gasteiger partial charge in [-0.05, 0) is 36.6 Å². The molecule has 0 aliphatic heterocycles. The topological polar surface area (TPSA) is 84.9 Å². The van der Waals surface area contributed by atoms with Gasteiger partial charge in [0.2, 0.25) is 0 Å². The molecule has 0 aliphatic carbocycles. The van der Waals surface area contributed by atoms with E-state index in [2.05, 4.69) is 5.32 Å². The van der Waals surface area contributed by atoms with Crippen LogP contribution in [0, 0.1) is 5.92 Å². The summed E-state index contributed by atoms with van der Waals surface area (Å²) in [5, 5.41) is 11.7. The Morgan fingerprint density at radius 2 is 1.83 bits per heavy atom. The Bertz CT molecular complexity index is 498. The van der Waals surface area contributed by atoms with E-state index >= 15 is 0 Å². The van der Waals surface area contributed by atoms with E-state index in [1.165, 1.54) is 0 Å². The van der Waals surface area contributed by atoms with E-state index in [1.807, 2.05) is 13.8 Å². The fraction of sp³-hybridized carbons (Fsp3) is 0.529. The zero-order valence-corrected chi connectivity index (χ0v) is 13.9. The third-order valence-electron chi connectivity index (χ3n) is 3.19. The predicted octanol–water partition coefficient (Wildman–Crippen LogP) is 2.33. The molecular weight excluding hydrogens is 298 g/mol. The lowest BCUT2D eigenvalue weighted by atomic mass is 10.0. The summed E-state index contributed by atoms with van der Waals surface area (Å²) in [7, 11) is 1.64. The average molecular weight is 323 g/mol. The Hall–Kier alpha value is -2.08. The number of amides is 1. The lowest BCUT2D eigenvalue weighted by Crippen LogP contribution is -2.41. The van der Waals surface area contributed by atoms with Gasteiger partial charge in [0.25, 0.3) is 5.91 Å². The second-order valence-electron chi connectivity index (χ2n) is 5.71. The molecule has 1 atom stereocenters. The van der Waals surface area contributed by atoms with Crippen molar-refractivity contribution in [1.29, 1.82) is 0 Å². The fourth-order valence-corrected chi connectivity index (χ4v) is 2.03. The van der Waals surface area contributed by atoms with Crippen molar-refractivity contribution < 1.29 is 24.2 Å². The first-order chi connectivity index (χ1) is 10.9. The molecule has 0 bridgehead atoms. The lowest BCUT2D eigenvalue weighted by Gasteiger charge is -2.16. The number of methoxy groups -OCH3 is 1. The van der Waals surface area contributed by atoms with E-state index in [0.29, 0.717) is 30.9 Å². The van der Waals surface area contributed by atoms with Crippen LogP contribution in [0.1, 0.15) is 37.0 Å². The first-order valence-corrected chi connectivity index (χ1v) is 7.69. The predicted molar refractivity (Wildman–Crippen MR) is 86.8 cm³/mol. The summed E-state index contributed by atoms with van der Waals surface area (Å²) in [5.74, 6) is -0.581. The van der Waals surface area contributed by atoms with Crippen molar-refractivity contribution in [1.82, 2.24) is 5.32 Å². The number of benzene rings is 1. The molecule has 1 amide bonds. The second kappa shape index (κ2) is 9.84. The van der Waals surface area contributed by atoms with Gasteiger partial charge in [-0.15, -0.1) is 0 Å². The number of nitrogens with one attached hydrogen (secondary N) is 1. The van der Waals surface area contributed by atoms with Gasteiger partial charge < -0.3 is 19.9 Å². The highest BCUT2D eigenvalue weighted by Crippen LogP contribution is 2.13. The third-order valence-corrected chi connectivity index (χ3v) is 3.19. The number of hydrogen-bond donors (Lipinski definition) is 2. The molecule has 1 rings (SSSR count). The van der Waals surface area contributed by atoms with Crippen LogP contribution in [0.4, 0.5) is 0 Å². The number of hydrogen-bond acceptors (Lipinski definition) is 4. The molecular formula is C17H25NO5. The molecule has 0 aliphatic rings. The average Bonchev–Trinajstić information content (AvgIpc) is 2.51. The Morgan fingerprint density at radius 1 is 1.17 bits per heavy atom. The summed E-state index contributed by atoms with van der Waals surface area (Å²) in [6.07, 6.45) is 1.18. The van der Waals surface area contributed by atoms with Crippen LogP contribution in [0.2, 0.25) is 0 Å². The molecule has 6 heteroatoms. The van der Waals surface area contributed by atoms with Crippen LogP contribution >= 0.6 is 0 Å². The van der Waals surface area contributed by atoms with Gasteiger partial charge in [0.05, 0.1) is 6.61 Å². The molecule has 6 nitrogen and oxygen atoms in total. The van der Waals surface area contributed by atoms with E-state index in [-0.39, 0.29) is 5.92 Å². The molecule has 2 N–H and O–H groups in total. The maximum absolute atomic E-state index is 12.1. The van der Waals surface area contributed by atoms with Gasteiger partial charge in [0.1, 0.15) is 11.8 Å². The van der Waals surface area contributed by atoms with Crippen LogP contribution in [-0.4, -0.2) is 43.3 Å². The highest BCUT2D eigenvalue weighted by Gasteiger charge is 2.21. The van der Waals surface area contributed by atoms with Gasteiger partial charge in [0, 0.05) is 25.7 Å². The number of carbonyl (C=O) groups is 2. The van der Waals surface area contributed by atoms with E-state index in [4.69, 9.17) is 14.6 Å². The highest BCUT2D eigenvalue weighted by atomic mass is 16.5. The SMILES string of the molecule is COCCCOc1ccc(C(=O)NC(CC(C)C)C(=O)O)cc1. The van der Waals surface area contributed by atoms with Gasteiger partial charge in [-0.25, -0.2) is 4.79 Å². The quantitative estimate of drug-likeness (QED) is 0.646. The normalized spacial score (nSPS) is 12.0. The number of carbonyl (C=O) groups excluding carboxylic acids is 1. The summed E-state index contributed by atoms with van der Waals surface area (Å²) in [6, 6.07) is 5.75. The summed E-state index contributed by atoms with van der Waals surface area (Å²) in [6.45, 7) is 5.00. The van der Waals surface area contributed by atoms with Crippen molar-refractivity contribution in [2.45, 2.75) is 32.7 Å². The maximum atomic E-state index is 12.1. The summed E-state index contributed by atoms with van der Waals surface area (Å²) < 4.78 is 10.4. The molecule has 0 radical (unpaired) electrons. The van der Waals surface area contributed by atoms with Gasteiger partial charge in [-0.3, -0.25) is 4.79 Å². The molecule has 128 valence electrons. The number of rotatable bonds is 10. The Kier molecular flexibility index (Phi) is 8.11. The summed E-state index contributed by atoms with van der Waals surface area (Å²) >= 11 is 0. The van der Waals surface area contributed by atoms with Crippen LogP contribution in [0.3, 0.4) is 0 Å². The monoisotopic (exact) mass is 323 g/mol. The molecule has 1 aromatic rings. The number of ether oxygens (including phenoxy) is 2. The number of carboxylic acid groups (broad SMARTS) is 1.